The number of pyridine rings is 1. The van der Waals surface area contributed by atoms with E-state index in [-0.39, 0.29) is 22.6 Å². The third-order valence-electron chi connectivity index (χ3n) is 9.24. The Bertz CT molecular complexity index is 1660. The zero-order chi connectivity index (χ0) is 31.7. The van der Waals surface area contributed by atoms with Gasteiger partial charge in [0.05, 0.1) is 26.5 Å². The van der Waals surface area contributed by atoms with Gasteiger partial charge in [-0.15, -0.1) is 0 Å². The number of halogens is 3. The number of nitrogens with zero attached hydrogens (tertiary/aromatic N) is 6. The van der Waals surface area contributed by atoms with Crippen molar-refractivity contribution in [3.8, 4) is 5.75 Å². The number of rotatable bonds is 8. The summed E-state index contributed by atoms with van der Waals surface area (Å²) >= 11 is 0.901. The number of hydrogen-bond donors (Lipinski definition) is 1. The van der Waals surface area contributed by atoms with E-state index in [9.17, 15) is 13.2 Å². The molecule has 3 aromatic heterocycles. The average molecular weight is 656 g/mol. The van der Waals surface area contributed by atoms with Crippen molar-refractivity contribution in [3.63, 3.8) is 0 Å². The number of hydrogen-bond acceptors (Lipinski definition) is 10. The zero-order valence-corrected chi connectivity index (χ0v) is 26.3. The molecule has 2 unspecified atom stereocenters. The number of nitrogens with one attached hydrogen (secondary N) is 1. The Morgan fingerprint density at radius 3 is 2.67 bits per heavy atom. The molecule has 244 valence electrons. The van der Waals surface area contributed by atoms with Crippen LogP contribution in [0.2, 0.25) is 0 Å². The van der Waals surface area contributed by atoms with Gasteiger partial charge in [-0.1, -0.05) is 23.9 Å². The molecule has 3 fully saturated rings. The molecule has 0 bridgehead atoms. The van der Waals surface area contributed by atoms with E-state index in [0.29, 0.717) is 36.0 Å². The third kappa shape index (κ3) is 6.27. The van der Waals surface area contributed by atoms with Crippen molar-refractivity contribution in [2.75, 3.05) is 44.9 Å². The Hall–Kier alpha value is -3.46. The van der Waals surface area contributed by atoms with Gasteiger partial charge in [-0.3, -0.25) is 4.98 Å². The fourth-order valence-corrected chi connectivity index (χ4v) is 7.58. The summed E-state index contributed by atoms with van der Waals surface area (Å²) in [6.07, 6.45) is 2.42. The van der Waals surface area contributed by atoms with Crippen LogP contribution >= 0.6 is 11.8 Å². The number of alkyl halides is 3. The topological polar surface area (TPSA) is 99.5 Å². The van der Waals surface area contributed by atoms with E-state index in [2.05, 4.69) is 27.3 Å². The molecule has 3 saturated heterocycles. The highest BCUT2D eigenvalue weighted by Crippen LogP contribution is 2.42. The second-order valence-corrected chi connectivity index (χ2v) is 13.1. The van der Waals surface area contributed by atoms with Crippen LogP contribution in [0.5, 0.6) is 5.75 Å². The highest BCUT2D eigenvalue weighted by Gasteiger charge is 2.46. The van der Waals surface area contributed by atoms with Crippen LogP contribution in [0.25, 0.3) is 11.2 Å². The van der Waals surface area contributed by atoms with E-state index in [0.717, 1.165) is 81.3 Å². The Labute approximate surface area is 269 Å². The molecule has 1 spiro atoms. The predicted octanol–water partition coefficient (Wildman–Crippen LogP) is 5.87. The summed E-state index contributed by atoms with van der Waals surface area (Å²) < 4.78 is 60.2. The maximum absolute atomic E-state index is 13.7. The zero-order valence-electron chi connectivity index (χ0n) is 25.5. The van der Waals surface area contributed by atoms with Gasteiger partial charge in [-0.2, -0.15) is 18.3 Å². The van der Waals surface area contributed by atoms with E-state index in [1.807, 2.05) is 12.1 Å². The number of aromatic nitrogens is 5. The van der Waals surface area contributed by atoms with E-state index in [1.54, 1.807) is 18.0 Å². The van der Waals surface area contributed by atoms with Crippen LogP contribution in [0.3, 0.4) is 0 Å². The SMILES string of the molecule is COc1ccc(CNC2COCC23CCN(c2cnc4c(Sc5cccnc5C(F)(F)F)nn(C5CCCCO5)c4n2)CC3)cc1. The van der Waals surface area contributed by atoms with Gasteiger partial charge in [0, 0.05) is 48.8 Å². The molecule has 0 saturated carbocycles. The summed E-state index contributed by atoms with van der Waals surface area (Å²) in [5, 5.41) is 8.81. The first-order valence-corrected chi connectivity index (χ1v) is 16.4. The van der Waals surface area contributed by atoms with Crippen molar-refractivity contribution < 1.29 is 27.4 Å². The van der Waals surface area contributed by atoms with Gasteiger partial charge >= 0.3 is 6.18 Å². The van der Waals surface area contributed by atoms with Gasteiger partial charge in [-0.05, 0) is 61.9 Å². The predicted molar refractivity (Wildman–Crippen MR) is 166 cm³/mol. The smallest absolute Gasteiger partial charge is 0.434 e. The van der Waals surface area contributed by atoms with Crippen molar-refractivity contribution in [3.05, 3.63) is 60.0 Å². The maximum Gasteiger partial charge on any atom is 0.434 e. The fourth-order valence-electron chi connectivity index (χ4n) is 6.59. The lowest BCUT2D eigenvalue weighted by molar-refractivity contribution is -0.143. The van der Waals surface area contributed by atoms with Gasteiger partial charge in [-0.25, -0.2) is 14.6 Å². The molecule has 7 rings (SSSR count). The van der Waals surface area contributed by atoms with E-state index in [4.69, 9.17) is 29.3 Å². The summed E-state index contributed by atoms with van der Waals surface area (Å²) in [7, 11) is 1.67. The number of piperidine rings is 1. The molecule has 1 N–H and O–H groups in total. The summed E-state index contributed by atoms with van der Waals surface area (Å²) in [6.45, 7) is 4.30. The van der Waals surface area contributed by atoms with Crippen LogP contribution in [-0.2, 0) is 22.2 Å². The highest BCUT2D eigenvalue weighted by atomic mass is 32.2. The molecular formula is C32H36F3N7O3S. The summed E-state index contributed by atoms with van der Waals surface area (Å²) in [4.78, 5) is 15.5. The maximum atomic E-state index is 13.7. The lowest BCUT2D eigenvalue weighted by atomic mass is 9.74. The lowest BCUT2D eigenvalue weighted by Gasteiger charge is -2.42. The Balaban J connectivity index is 1.10. The third-order valence-corrected chi connectivity index (χ3v) is 10.3. The molecule has 46 heavy (non-hydrogen) atoms. The monoisotopic (exact) mass is 655 g/mol. The molecule has 0 amide bonds. The molecule has 4 aromatic rings. The van der Waals surface area contributed by atoms with E-state index >= 15 is 0 Å². The molecule has 3 aliphatic heterocycles. The average Bonchev–Trinajstić information content (AvgIpc) is 3.64. The normalized spacial score (nSPS) is 21.7. The first kappa shape index (κ1) is 31.2. The van der Waals surface area contributed by atoms with Gasteiger partial charge in [0.1, 0.15) is 17.1 Å². The van der Waals surface area contributed by atoms with E-state index in [1.165, 1.54) is 17.7 Å². The Morgan fingerprint density at radius 1 is 1.11 bits per heavy atom. The van der Waals surface area contributed by atoms with Gasteiger partial charge < -0.3 is 24.4 Å². The van der Waals surface area contributed by atoms with Gasteiger partial charge in [0.25, 0.3) is 0 Å². The van der Waals surface area contributed by atoms with Crippen molar-refractivity contribution in [1.29, 1.82) is 0 Å². The molecule has 10 nitrogen and oxygen atoms in total. The number of anilines is 1. The first-order chi connectivity index (χ1) is 22.3. The van der Waals surface area contributed by atoms with Crippen molar-refractivity contribution in [2.24, 2.45) is 5.41 Å². The van der Waals surface area contributed by atoms with Crippen LogP contribution < -0.4 is 15.0 Å². The van der Waals surface area contributed by atoms with Gasteiger partial charge in [0.15, 0.2) is 22.6 Å². The largest absolute Gasteiger partial charge is 0.497 e. The number of ether oxygens (including phenoxy) is 3. The van der Waals surface area contributed by atoms with Crippen molar-refractivity contribution >= 4 is 28.7 Å². The minimum Gasteiger partial charge on any atom is -0.497 e. The van der Waals surface area contributed by atoms with Crippen LogP contribution in [-0.4, -0.2) is 70.8 Å². The van der Waals surface area contributed by atoms with E-state index < -0.39 is 11.9 Å². The van der Waals surface area contributed by atoms with Crippen LogP contribution in [0.4, 0.5) is 19.0 Å². The molecule has 3 aliphatic rings. The fraction of sp³-hybridized carbons (Fsp3) is 0.500. The van der Waals surface area contributed by atoms with Gasteiger partial charge in [0.2, 0.25) is 0 Å². The second-order valence-electron chi connectivity index (χ2n) is 12.1. The lowest BCUT2D eigenvalue weighted by Crippen LogP contribution is -2.51. The van der Waals surface area contributed by atoms with Crippen LogP contribution in [0.15, 0.2) is 58.7 Å². The summed E-state index contributed by atoms with van der Waals surface area (Å²) in [6, 6.07) is 11.2. The number of methoxy groups -OCH3 is 1. The Morgan fingerprint density at radius 2 is 1.93 bits per heavy atom. The Kier molecular flexibility index (Phi) is 8.79. The molecule has 1 aromatic carbocycles. The molecule has 2 atom stereocenters. The van der Waals surface area contributed by atoms with Crippen molar-refractivity contribution in [1.82, 2.24) is 30.0 Å². The summed E-state index contributed by atoms with van der Waals surface area (Å²) in [5.41, 5.74) is 1.23. The molecule has 0 radical (unpaired) electrons. The molecular weight excluding hydrogens is 619 g/mol. The second kappa shape index (κ2) is 13.0. The number of fused-ring (bicyclic) bond motifs is 1. The molecule has 6 heterocycles. The van der Waals surface area contributed by atoms with Crippen molar-refractivity contribution in [2.45, 2.75) is 67.0 Å². The molecule has 0 aliphatic carbocycles. The standard InChI is InChI=1S/C32H36F3N7O3S/c1-43-22-9-7-21(8-10-22)17-37-24-19-44-20-31(24)11-14-41(15-12-31)25-18-38-27-29(39-25)42(26-6-2-3-16-45-26)40-30(27)46-23-5-4-13-36-28(23)32(33,34)35/h4-5,7-10,13,18,24,26,37H,2-3,6,11-12,14-17,19-20H2,1H3. The minimum absolute atomic E-state index is 0.0297. The quantitative estimate of drug-likeness (QED) is 0.248. The number of benzene rings is 1. The minimum atomic E-state index is -4.59. The molecule has 14 heteroatoms. The van der Waals surface area contributed by atoms with Crippen LogP contribution in [0.1, 0.15) is 49.6 Å². The highest BCUT2D eigenvalue weighted by molar-refractivity contribution is 7.99. The first-order valence-electron chi connectivity index (χ1n) is 15.6. The summed E-state index contributed by atoms with van der Waals surface area (Å²) in [5.74, 6) is 1.56. The van der Waals surface area contributed by atoms with Crippen LogP contribution in [0, 0.1) is 5.41 Å².